The van der Waals surface area contributed by atoms with E-state index in [1.165, 1.54) is 89.9 Å². The molecule has 226 valence electrons. The monoisotopic (exact) mass is 580 g/mol. The van der Waals surface area contributed by atoms with E-state index in [9.17, 15) is 14.4 Å². The number of carbonyl (C=O) groups excluding carboxylic acids is 2. The van der Waals surface area contributed by atoms with Gasteiger partial charge in [0, 0.05) is 23.5 Å². The second kappa shape index (κ2) is 26.3. The third kappa shape index (κ3) is 21.5. The van der Waals surface area contributed by atoms with E-state index in [1.54, 1.807) is 12.1 Å². The number of hydrogen-bond donors (Lipinski definition) is 1. The van der Waals surface area contributed by atoms with Gasteiger partial charge < -0.3 is 44.5 Å². The van der Waals surface area contributed by atoms with Gasteiger partial charge in [0.15, 0.2) is 0 Å². The van der Waals surface area contributed by atoms with Crippen LogP contribution >= 0.6 is 0 Å². The Hall–Kier alpha value is -1.97. The molecule has 1 N–H and O–H groups in total. The second-order valence-electron chi connectivity index (χ2n) is 10.5. The van der Waals surface area contributed by atoms with E-state index in [-0.39, 0.29) is 29.3 Å². The average Bonchev–Trinajstić information content (AvgIpc) is 3.64. The van der Waals surface area contributed by atoms with Crippen molar-refractivity contribution in [1.82, 2.24) is 0 Å². The van der Waals surface area contributed by atoms with Crippen LogP contribution < -0.4 is 0 Å². The molecule has 2 aromatic carbocycles. The summed E-state index contributed by atoms with van der Waals surface area (Å²) in [7, 11) is 0. The van der Waals surface area contributed by atoms with Crippen molar-refractivity contribution in [3.05, 3.63) is 59.7 Å². The number of carboxylic acid groups (broad SMARTS) is 1. The van der Waals surface area contributed by atoms with Gasteiger partial charge in [0.1, 0.15) is 5.78 Å². The predicted octanol–water partition coefficient (Wildman–Crippen LogP) is 10.1. The zero-order valence-corrected chi connectivity index (χ0v) is 25.4. The molecule has 0 heterocycles. The summed E-state index contributed by atoms with van der Waals surface area (Å²) in [5.74, 6) is -0.388. The molecule has 4 nitrogen and oxygen atoms in total. The van der Waals surface area contributed by atoms with Crippen LogP contribution in [0.4, 0.5) is 0 Å². The van der Waals surface area contributed by atoms with Crippen LogP contribution in [0.2, 0.25) is 0 Å². The molecule has 0 saturated carbocycles. The van der Waals surface area contributed by atoms with Crippen LogP contribution in [0.1, 0.15) is 156 Å². The van der Waals surface area contributed by atoms with Gasteiger partial charge in [0.05, 0.1) is 0 Å². The van der Waals surface area contributed by atoms with Crippen molar-refractivity contribution in [2.45, 2.75) is 135 Å². The molecular formula is C34H52FeO4-6. The van der Waals surface area contributed by atoms with Gasteiger partial charge in [0.25, 0.3) is 0 Å². The Balaban J connectivity index is 0.000000821. The van der Waals surface area contributed by atoms with Crippen molar-refractivity contribution in [3.63, 3.8) is 0 Å². The van der Waals surface area contributed by atoms with E-state index in [0.717, 1.165) is 24.0 Å². The number of aliphatic carboxylic acids is 1. The molecule has 0 amide bonds. The third-order valence-electron chi connectivity index (χ3n) is 7.02. The van der Waals surface area contributed by atoms with E-state index < -0.39 is 5.97 Å². The van der Waals surface area contributed by atoms with Crippen LogP contribution in [0.15, 0.2) is 48.5 Å². The zero-order valence-electron chi connectivity index (χ0n) is 24.3. The summed E-state index contributed by atoms with van der Waals surface area (Å²) in [6.07, 6.45) is 23.1. The van der Waals surface area contributed by atoms with Crippen LogP contribution in [-0.2, 0) is 21.9 Å². The molecule has 2 rings (SSSR count). The van der Waals surface area contributed by atoms with Gasteiger partial charge in [0.2, 0.25) is 0 Å². The first kappa shape index (κ1) is 37.0. The molecule has 0 aliphatic carbocycles. The third-order valence-corrected chi connectivity index (χ3v) is 7.02. The van der Waals surface area contributed by atoms with E-state index in [1.807, 2.05) is 36.4 Å². The number of unbranched alkanes of at least 4 members (excludes halogenated alkanes) is 15. The Labute approximate surface area is 248 Å². The summed E-state index contributed by atoms with van der Waals surface area (Å²) in [6, 6.07) is 14.9. The average molecular weight is 581 g/mol. The molecule has 2 aromatic rings. The Morgan fingerprint density at radius 3 is 1.44 bits per heavy atom. The maximum absolute atomic E-state index is 11.8. The van der Waals surface area contributed by atoms with Gasteiger partial charge in [-0.05, 0) is 19.3 Å². The second-order valence-corrected chi connectivity index (χ2v) is 10.5. The number of ketones is 2. The quantitative estimate of drug-likeness (QED) is 0.0614. The van der Waals surface area contributed by atoms with Crippen LogP contribution in [0.25, 0.3) is 0 Å². The summed E-state index contributed by atoms with van der Waals surface area (Å²) in [4.78, 5) is 33.4. The first-order chi connectivity index (χ1) is 18.5. The summed E-state index contributed by atoms with van der Waals surface area (Å²) in [5.41, 5.74) is 1.61. The largest absolute Gasteiger partial charge is 0.718 e. The Bertz CT molecular complexity index is 824. The Morgan fingerprint density at radius 1 is 0.590 bits per heavy atom. The summed E-state index contributed by atoms with van der Waals surface area (Å²) < 4.78 is 0. The van der Waals surface area contributed by atoms with Crippen LogP contribution in [0.5, 0.6) is 0 Å². The number of carbonyl (C=O) groups is 3. The van der Waals surface area contributed by atoms with Crippen molar-refractivity contribution in [2.24, 2.45) is 0 Å². The zero-order chi connectivity index (χ0) is 27.7. The summed E-state index contributed by atoms with van der Waals surface area (Å²) in [6.45, 7) is 2.28. The minimum Gasteiger partial charge on any atom is -0.718 e. The van der Waals surface area contributed by atoms with Crippen molar-refractivity contribution in [3.8, 4) is 0 Å². The Kier molecular flexibility index (Phi) is 24.9. The fraction of sp³-hybridized carbons (Fsp3) is 0.618. The topological polar surface area (TPSA) is 71.4 Å². The molecular weight excluding hydrogens is 528 g/mol. The van der Waals surface area contributed by atoms with Crippen molar-refractivity contribution in [2.75, 3.05) is 0 Å². The molecule has 0 saturated heterocycles. The fourth-order valence-corrected chi connectivity index (χ4v) is 4.63. The fourth-order valence-electron chi connectivity index (χ4n) is 4.63. The van der Waals surface area contributed by atoms with Crippen molar-refractivity contribution < 1.29 is 36.6 Å². The van der Waals surface area contributed by atoms with E-state index in [0.29, 0.717) is 25.0 Å². The molecule has 0 aromatic heterocycles. The summed E-state index contributed by atoms with van der Waals surface area (Å²) in [5, 5.41) is 8.38. The number of carboxylic acids is 1. The van der Waals surface area contributed by atoms with E-state index >= 15 is 0 Å². The van der Waals surface area contributed by atoms with Crippen molar-refractivity contribution >= 4 is 17.5 Å². The van der Waals surface area contributed by atoms with Crippen LogP contribution in [0.3, 0.4) is 0 Å². The molecule has 0 aliphatic heterocycles. The maximum Gasteiger partial charge on any atom is 0.303 e. The molecule has 0 unspecified atom stereocenters. The molecule has 0 atom stereocenters. The number of hydrogen-bond acceptors (Lipinski definition) is 3. The molecule has 0 aliphatic rings. The van der Waals surface area contributed by atoms with Gasteiger partial charge in [-0.1, -0.05) is 109 Å². The molecule has 39 heavy (non-hydrogen) atoms. The minimum absolute atomic E-state index is 0. The number of Topliss-reactive ketones (excluding diaryl/α,β-unsaturated/α-hetero) is 2. The van der Waals surface area contributed by atoms with E-state index in [2.05, 4.69) is 6.92 Å². The maximum atomic E-state index is 11.8. The molecule has 0 spiro atoms. The van der Waals surface area contributed by atoms with Crippen LogP contribution in [0, 0.1) is 0 Å². The summed E-state index contributed by atoms with van der Waals surface area (Å²) >= 11 is 0. The standard InChI is InChI=1S/C23H39O.C11H13O3.Fe/c1-2-3-4-5-6-7-8-9-10-11-12-13-14-15-16-21-23(24)22-19-17-18-20-22;12-10(9-5-1-2-6-9)7-3-4-8-11(13)14;/h17-20H,2-16,21H2,1H3;1-2,5-6H,3-4,7-8H2,(H,13,14);/q-1;-5;. The van der Waals surface area contributed by atoms with E-state index in [4.69, 9.17) is 5.11 Å². The molecule has 0 fully saturated rings. The molecule has 0 bridgehead atoms. The molecule has 0 radical (unpaired) electrons. The van der Waals surface area contributed by atoms with Crippen LogP contribution in [-0.4, -0.2) is 22.6 Å². The smallest absolute Gasteiger partial charge is 0.303 e. The molecule has 5 heteroatoms. The predicted molar refractivity (Wildman–Crippen MR) is 158 cm³/mol. The van der Waals surface area contributed by atoms with Gasteiger partial charge in [-0.3, -0.25) is 10.6 Å². The minimum atomic E-state index is -0.800. The van der Waals surface area contributed by atoms with Gasteiger partial charge in [-0.15, -0.1) is 6.42 Å². The first-order valence-electron chi connectivity index (χ1n) is 15.3. The Morgan fingerprint density at radius 2 is 0.974 bits per heavy atom. The normalized spacial score (nSPS) is 10.4. The van der Waals surface area contributed by atoms with Gasteiger partial charge >= 0.3 is 5.97 Å². The van der Waals surface area contributed by atoms with Gasteiger partial charge in [-0.25, -0.2) is 12.1 Å². The number of rotatable bonds is 23. The first-order valence-corrected chi connectivity index (χ1v) is 15.3. The van der Waals surface area contributed by atoms with Gasteiger partial charge in [-0.2, -0.15) is 12.1 Å². The SMILES string of the molecule is CCCCCCCCCCCCCCCCCC(=O)[c-]1cccc1.O=C(O)CCCCC(=O)[c-]1[cH-][cH-][cH-][cH-]1.[Fe]. The van der Waals surface area contributed by atoms with Crippen molar-refractivity contribution in [1.29, 1.82) is 0 Å².